The third kappa shape index (κ3) is 5.38. The Kier molecular flexibility index (Phi) is 7.36. The number of benzene rings is 1. The average molecular weight is 450 g/mol. The quantitative estimate of drug-likeness (QED) is 0.346. The molecule has 0 aliphatic heterocycles. The van der Waals surface area contributed by atoms with Gasteiger partial charge in [-0.2, -0.15) is 18.9 Å². The fourth-order valence-corrected chi connectivity index (χ4v) is 3.41. The second kappa shape index (κ2) is 10.2. The van der Waals surface area contributed by atoms with Gasteiger partial charge < -0.3 is 26.0 Å². The smallest absolute Gasteiger partial charge is 0.387 e. The summed E-state index contributed by atoms with van der Waals surface area (Å²) in [6.45, 7) is -1.12. The van der Waals surface area contributed by atoms with E-state index in [9.17, 15) is 18.7 Å². The molecule has 0 bridgehead atoms. The summed E-state index contributed by atoms with van der Waals surface area (Å²) in [6, 6.07) is 3.67. The minimum Gasteiger partial charge on any atom is -0.478 e. The van der Waals surface area contributed by atoms with Gasteiger partial charge in [-0.3, -0.25) is 4.68 Å². The molecule has 1 aromatic carbocycles. The summed E-state index contributed by atoms with van der Waals surface area (Å²) < 4.78 is 31.8. The van der Waals surface area contributed by atoms with Crippen molar-refractivity contribution < 1.29 is 28.5 Å². The maximum atomic E-state index is 12.9. The summed E-state index contributed by atoms with van der Waals surface area (Å²) >= 11 is 0. The van der Waals surface area contributed by atoms with E-state index in [-0.39, 0.29) is 36.5 Å². The number of ether oxygens (including phenoxy) is 1. The molecule has 2 heterocycles. The number of anilines is 2. The van der Waals surface area contributed by atoms with E-state index in [1.165, 1.54) is 23.0 Å². The molecule has 0 saturated carbocycles. The molecular formula is C20H24F2N6O4. The van der Waals surface area contributed by atoms with E-state index >= 15 is 0 Å². The van der Waals surface area contributed by atoms with Gasteiger partial charge in [-0.15, -0.1) is 0 Å². The highest BCUT2D eigenvalue weighted by Gasteiger charge is 2.19. The molecule has 0 spiro atoms. The number of aliphatic hydroxyl groups is 1. The van der Waals surface area contributed by atoms with Crippen molar-refractivity contribution in [2.24, 2.45) is 0 Å². The molecule has 0 fully saturated rings. The SMILES string of the molecule is CCCC(CCO)Nc1nc(N)nc2cnn(Cc3ccc(C(=O)O)cc3OC(F)F)c12. The average Bonchev–Trinajstić information content (AvgIpc) is 3.11. The molecule has 0 aliphatic carbocycles. The number of carboxylic acids is 1. The number of nitrogens with two attached hydrogens (primary N) is 1. The number of alkyl halides is 2. The minimum absolute atomic E-state index is 0.00808. The Morgan fingerprint density at radius 2 is 2.09 bits per heavy atom. The Hall–Kier alpha value is -3.54. The van der Waals surface area contributed by atoms with Gasteiger partial charge in [0, 0.05) is 18.2 Å². The lowest BCUT2D eigenvalue weighted by atomic mass is 10.1. The monoisotopic (exact) mass is 450 g/mol. The molecule has 2 aromatic heterocycles. The Balaban J connectivity index is 2.02. The van der Waals surface area contributed by atoms with Crippen molar-refractivity contribution in [3.63, 3.8) is 0 Å². The fraction of sp³-hybridized carbons (Fsp3) is 0.400. The van der Waals surface area contributed by atoms with Crippen LogP contribution in [0.5, 0.6) is 5.75 Å². The Labute approximate surface area is 182 Å². The molecule has 3 aromatic rings. The van der Waals surface area contributed by atoms with Crippen molar-refractivity contribution in [1.82, 2.24) is 19.7 Å². The number of nitrogen functional groups attached to an aromatic ring is 1. The van der Waals surface area contributed by atoms with Crippen LogP contribution in [0.25, 0.3) is 11.0 Å². The first kappa shape index (κ1) is 23.1. The zero-order chi connectivity index (χ0) is 23.3. The molecule has 172 valence electrons. The van der Waals surface area contributed by atoms with Crippen LogP contribution in [-0.2, 0) is 6.54 Å². The number of rotatable bonds is 11. The molecule has 1 unspecified atom stereocenters. The number of fused-ring (bicyclic) bond motifs is 1. The number of hydrogen-bond donors (Lipinski definition) is 4. The van der Waals surface area contributed by atoms with Gasteiger partial charge in [0.25, 0.3) is 0 Å². The number of aliphatic hydroxyl groups excluding tert-OH is 1. The minimum atomic E-state index is -3.12. The summed E-state index contributed by atoms with van der Waals surface area (Å²) in [7, 11) is 0. The van der Waals surface area contributed by atoms with Crippen LogP contribution >= 0.6 is 0 Å². The van der Waals surface area contributed by atoms with Crippen LogP contribution < -0.4 is 15.8 Å². The van der Waals surface area contributed by atoms with Crippen LogP contribution in [-0.4, -0.2) is 55.2 Å². The summed E-state index contributed by atoms with van der Waals surface area (Å²) in [5, 5.41) is 26.0. The van der Waals surface area contributed by atoms with Crippen LogP contribution in [0, 0.1) is 0 Å². The van der Waals surface area contributed by atoms with Crippen LogP contribution in [0.4, 0.5) is 20.5 Å². The van der Waals surface area contributed by atoms with Crippen molar-refractivity contribution in [2.45, 2.75) is 45.4 Å². The highest BCUT2D eigenvalue weighted by Crippen LogP contribution is 2.28. The number of nitrogens with one attached hydrogen (secondary N) is 1. The van der Waals surface area contributed by atoms with E-state index in [1.807, 2.05) is 6.92 Å². The first-order valence-electron chi connectivity index (χ1n) is 9.99. The van der Waals surface area contributed by atoms with Gasteiger partial charge in [0.2, 0.25) is 5.95 Å². The molecule has 1 atom stereocenters. The maximum Gasteiger partial charge on any atom is 0.387 e. The van der Waals surface area contributed by atoms with Crippen LogP contribution in [0.3, 0.4) is 0 Å². The summed E-state index contributed by atoms with van der Waals surface area (Å²) in [4.78, 5) is 19.7. The number of nitrogens with zero attached hydrogens (tertiary/aromatic N) is 4. The van der Waals surface area contributed by atoms with Gasteiger partial charge in [0.1, 0.15) is 16.8 Å². The van der Waals surface area contributed by atoms with E-state index in [2.05, 4.69) is 25.1 Å². The van der Waals surface area contributed by atoms with Crippen LogP contribution in [0.15, 0.2) is 24.4 Å². The van der Waals surface area contributed by atoms with E-state index in [0.717, 1.165) is 18.9 Å². The Morgan fingerprint density at radius 1 is 1.31 bits per heavy atom. The highest BCUT2D eigenvalue weighted by atomic mass is 19.3. The standard InChI is InChI=1S/C20H24F2N6O4/c1-2-3-13(6-7-29)25-17-16-14(26-20(23)27-17)9-24-28(16)10-12-5-4-11(18(30)31)8-15(12)32-19(21)22/h4-5,8-9,13,19,29H,2-3,6-7,10H2,1H3,(H,30,31)(H3,23,25,26,27). The second-order valence-corrected chi connectivity index (χ2v) is 7.11. The third-order valence-electron chi connectivity index (χ3n) is 4.81. The topological polar surface area (TPSA) is 148 Å². The molecule has 10 nitrogen and oxygen atoms in total. The number of carboxylic acid groups (broad SMARTS) is 1. The number of carbonyl (C=O) groups is 1. The Morgan fingerprint density at radius 3 is 2.75 bits per heavy atom. The second-order valence-electron chi connectivity index (χ2n) is 7.11. The van der Waals surface area contributed by atoms with E-state index in [1.54, 1.807) is 0 Å². The lowest BCUT2D eigenvalue weighted by Gasteiger charge is -2.19. The van der Waals surface area contributed by atoms with Crippen LogP contribution in [0.2, 0.25) is 0 Å². The molecule has 0 amide bonds. The number of aromatic carboxylic acids is 1. The van der Waals surface area contributed by atoms with Gasteiger partial charge >= 0.3 is 12.6 Å². The van der Waals surface area contributed by atoms with Crippen LogP contribution in [0.1, 0.15) is 42.1 Å². The molecule has 0 aliphatic rings. The molecular weight excluding hydrogens is 426 g/mol. The lowest BCUT2D eigenvalue weighted by Crippen LogP contribution is -2.22. The van der Waals surface area contributed by atoms with Gasteiger partial charge in [0.15, 0.2) is 5.82 Å². The number of aromatic nitrogens is 4. The zero-order valence-corrected chi connectivity index (χ0v) is 17.3. The molecule has 32 heavy (non-hydrogen) atoms. The summed E-state index contributed by atoms with van der Waals surface area (Å²) in [5.74, 6) is -1.10. The van der Waals surface area contributed by atoms with E-state index in [4.69, 9.17) is 10.8 Å². The zero-order valence-electron chi connectivity index (χ0n) is 17.3. The lowest BCUT2D eigenvalue weighted by molar-refractivity contribution is -0.0505. The van der Waals surface area contributed by atoms with Gasteiger partial charge in [-0.25, -0.2) is 9.78 Å². The van der Waals surface area contributed by atoms with Crippen molar-refractivity contribution in [3.8, 4) is 5.75 Å². The normalized spacial score (nSPS) is 12.3. The molecule has 5 N–H and O–H groups in total. The number of hydrogen-bond acceptors (Lipinski definition) is 8. The first-order chi connectivity index (χ1) is 15.3. The molecule has 0 radical (unpaired) electrons. The first-order valence-corrected chi connectivity index (χ1v) is 9.99. The third-order valence-corrected chi connectivity index (χ3v) is 4.81. The van der Waals surface area contributed by atoms with Crippen molar-refractivity contribution in [1.29, 1.82) is 0 Å². The fourth-order valence-electron chi connectivity index (χ4n) is 3.41. The summed E-state index contributed by atoms with van der Waals surface area (Å²) in [5.41, 5.74) is 6.87. The van der Waals surface area contributed by atoms with Gasteiger partial charge in [0.05, 0.1) is 18.3 Å². The summed E-state index contributed by atoms with van der Waals surface area (Å²) in [6.07, 6.45) is 3.63. The molecule has 3 rings (SSSR count). The van der Waals surface area contributed by atoms with Crippen molar-refractivity contribution in [3.05, 3.63) is 35.5 Å². The highest BCUT2D eigenvalue weighted by molar-refractivity contribution is 5.88. The predicted molar refractivity (Wildman–Crippen MR) is 113 cm³/mol. The maximum absolute atomic E-state index is 12.9. The van der Waals surface area contributed by atoms with Gasteiger partial charge in [-0.05, 0) is 25.0 Å². The van der Waals surface area contributed by atoms with Crippen molar-refractivity contribution in [2.75, 3.05) is 17.7 Å². The van der Waals surface area contributed by atoms with E-state index < -0.39 is 12.6 Å². The van der Waals surface area contributed by atoms with Gasteiger partial charge in [-0.1, -0.05) is 19.4 Å². The Bertz CT molecular complexity index is 1090. The largest absolute Gasteiger partial charge is 0.478 e. The van der Waals surface area contributed by atoms with E-state index in [0.29, 0.717) is 28.8 Å². The van der Waals surface area contributed by atoms with Crippen molar-refractivity contribution >= 4 is 28.8 Å². The molecule has 12 heteroatoms. The predicted octanol–water partition coefficient (Wildman–Crippen LogP) is 2.72. The number of halogens is 2. The molecule has 0 saturated heterocycles.